The van der Waals surface area contributed by atoms with E-state index in [1.165, 1.54) is 10.8 Å². The topological polar surface area (TPSA) is 88.4 Å². The van der Waals surface area contributed by atoms with Gasteiger partial charge in [-0.25, -0.2) is 4.79 Å². The van der Waals surface area contributed by atoms with E-state index in [1.807, 2.05) is 0 Å². The van der Waals surface area contributed by atoms with Crippen LogP contribution in [-0.4, -0.2) is 22.1 Å². The summed E-state index contributed by atoms with van der Waals surface area (Å²) in [6.07, 6.45) is 2.95. The van der Waals surface area contributed by atoms with Crippen LogP contribution in [0.4, 0.5) is 0 Å². The van der Waals surface area contributed by atoms with Gasteiger partial charge in [0.05, 0.1) is 11.5 Å². The molecule has 0 amide bonds. The minimum Gasteiger partial charge on any atom is -0.545 e. The van der Waals surface area contributed by atoms with Crippen LogP contribution in [0.15, 0.2) is 17.1 Å². The molecule has 0 unspecified atom stereocenters. The van der Waals surface area contributed by atoms with E-state index in [-0.39, 0.29) is 30.5 Å². The molecule has 7 heteroatoms. The number of ether oxygens (including phenoxy) is 1. The van der Waals surface area contributed by atoms with Crippen molar-refractivity contribution in [2.75, 3.05) is 0 Å². The third-order valence-electron chi connectivity index (χ3n) is 2.86. The van der Waals surface area contributed by atoms with Gasteiger partial charge in [0.1, 0.15) is 5.60 Å². The molecule has 0 aliphatic heterocycles. The SMILES string of the molecule is CC(C)(C)OC(=O)c1cn(C2CC2)c(=O)cc1C(=O)[O-].[Li+]. The van der Waals surface area contributed by atoms with Crippen molar-refractivity contribution >= 4 is 11.9 Å². The summed E-state index contributed by atoms with van der Waals surface area (Å²) in [5.41, 5.74) is -1.77. The molecule has 2 rings (SSSR count). The number of hydrogen-bond acceptors (Lipinski definition) is 5. The fraction of sp³-hybridized carbons (Fsp3) is 0.500. The van der Waals surface area contributed by atoms with Gasteiger partial charge in [0.15, 0.2) is 0 Å². The summed E-state index contributed by atoms with van der Waals surface area (Å²) in [6, 6.07) is 0.965. The number of esters is 1. The summed E-state index contributed by atoms with van der Waals surface area (Å²) in [5, 5.41) is 11.1. The Bertz CT molecular complexity index is 625. The predicted octanol–water partition coefficient (Wildman–Crippen LogP) is -2.49. The Morgan fingerprint density at radius 1 is 1.29 bits per heavy atom. The van der Waals surface area contributed by atoms with Crippen molar-refractivity contribution in [3.05, 3.63) is 33.7 Å². The predicted molar refractivity (Wildman–Crippen MR) is 68.5 cm³/mol. The van der Waals surface area contributed by atoms with Gasteiger partial charge in [0, 0.05) is 23.9 Å². The second-order valence-electron chi connectivity index (χ2n) is 5.87. The summed E-state index contributed by atoms with van der Waals surface area (Å²) in [5.74, 6) is -2.34. The number of carbonyl (C=O) groups is 2. The van der Waals surface area contributed by atoms with E-state index < -0.39 is 28.7 Å². The van der Waals surface area contributed by atoms with Crippen molar-refractivity contribution < 1.29 is 38.3 Å². The molecular formula is C14H16LiNO5. The van der Waals surface area contributed by atoms with E-state index in [0.29, 0.717) is 0 Å². The number of carbonyl (C=O) groups excluding carboxylic acids is 2. The number of hydrogen-bond donors (Lipinski definition) is 0. The summed E-state index contributed by atoms with van der Waals surface area (Å²) in [4.78, 5) is 34.9. The number of pyridine rings is 1. The Kier molecular flexibility index (Phi) is 5.08. The molecule has 6 nitrogen and oxygen atoms in total. The zero-order valence-corrected chi connectivity index (χ0v) is 12.6. The number of carboxylic acids is 1. The summed E-state index contributed by atoms with van der Waals surface area (Å²) < 4.78 is 6.54. The van der Waals surface area contributed by atoms with E-state index in [2.05, 4.69) is 0 Å². The molecule has 1 aliphatic carbocycles. The normalized spacial score (nSPS) is 14.2. The van der Waals surface area contributed by atoms with Gasteiger partial charge in [-0.05, 0) is 33.6 Å². The monoisotopic (exact) mass is 285 g/mol. The standard InChI is InChI=1S/C14H17NO5.Li/c1-14(2,3)20-13(19)10-7-15(8-4-5-8)11(16)6-9(10)12(17)18;/h6-8H,4-5H2,1-3H3,(H,17,18);/q;+1/p-1. The van der Waals surface area contributed by atoms with Crippen molar-refractivity contribution in [2.45, 2.75) is 45.3 Å². The molecule has 0 aromatic carbocycles. The minimum absolute atomic E-state index is 0. The zero-order valence-electron chi connectivity index (χ0n) is 12.6. The van der Waals surface area contributed by atoms with Crippen LogP contribution < -0.4 is 29.5 Å². The van der Waals surface area contributed by atoms with Crippen molar-refractivity contribution in [1.29, 1.82) is 0 Å². The molecular weight excluding hydrogens is 269 g/mol. The largest absolute Gasteiger partial charge is 1.00 e. The minimum atomic E-state index is -1.56. The van der Waals surface area contributed by atoms with Gasteiger partial charge in [-0.2, -0.15) is 0 Å². The molecule has 1 heterocycles. The maximum atomic E-state index is 12.1. The maximum Gasteiger partial charge on any atom is 1.00 e. The van der Waals surface area contributed by atoms with Gasteiger partial charge < -0.3 is 19.2 Å². The van der Waals surface area contributed by atoms with Crippen LogP contribution in [0.25, 0.3) is 0 Å². The Hall–Kier alpha value is -1.51. The number of nitrogens with zero attached hydrogens (tertiary/aromatic N) is 1. The third kappa shape index (κ3) is 4.23. The average molecular weight is 285 g/mol. The van der Waals surface area contributed by atoms with Crippen LogP contribution in [0, 0.1) is 0 Å². The van der Waals surface area contributed by atoms with Crippen molar-refractivity contribution in [3.63, 3.8) is 0 Å². The Balaban J connectivity index is 0.00000220. The molecule has 0 atom stereocenters. The van der Waals surface area contributed by atoms with E-state index in [4.69, 9.17) is 4.74 Å². The van der Waals surface area contributed by atoms with Crippen LogP contribution in [-0.2, 0) is 4.74 Å². The smallest absolute Gasteiger partial charge is 0.545 e. The number of aromatic carboxylic acids is 1. The van der Waals surface area contributed by atoms with Crippen LogP contribution >= 0.6 is 0 Å². The molecule has 0 radical (unpaired) electrons. The van der Waals surface area contributed by atoms with E-state index in [1.54, 1.807) is 20.8 Å². The average Bonchev–Trinajstić information content (AvgIpc) is 3.09. The molecule has 1 fully saturated rings. The summed E-state index contributed by atoms with van der Waals surface area (Å²) in [6.45, 7) is 5.04. The van der Waals surface area contributed by atoms with Gasteiger partial charge in [-0.15, -0.1) is 0 Å². The molecule has 108 valence electrons. The van der Waals surface area contributed by atoms with Crippen LogP contribution in [0.5, 0.6) is 0 Å². The second kappa shape index (κ2) is 6.08. The first-order valence-electron chi connectivity index (χ1n) is 6.40. The van der Waals surface area contributed by atoms with Crippen molar-refractivity contribution in [3.8, 4) is 0 Å². The summed E-state index contributed by atoms with van der Waals surface area (Å²) >= 11 is 0. The Labute approximate surface area is 134 Å². The van der Waals surface area contributed by atoms with Gasteiger partial charge in [0.2, 0.25) is 0 Å². The number of rotatable bonds is 3. The van der Waals surface area contributed by atoms with Gasteiger partial charge in [-0.1, -0.05) is 0 Å². The van der Waals surface area contributed by atoms with Crippen LogP contribution in [0.2, 0.25) is 0 Å². The Morgan fingerprint density at radius 2 is 1.86 bits per heavy atom. The van der Waals surface area contributed by atoms with Crippen LogP contribution in [0.3, 0.4) is 0 Å². The molecule has 21 heavy (non-hydrogen) atoms. The fourth-order valence-corrected chi connectivity index (χ4v) is 1.85. The molecule has 1 saturated carbocycles. The summed E-state index contributed by atoms with van der Waals surface area (Å²) in [7, 11) is 0. The molecule has 0 N–H and O–H groups in total. The second-order valence-corrected chi connectivity index (χ2v) is 5.87. The van der Waals surface area contributed by atoms with Crippen molar-refractivity contribution in [2.24, 2.45) is 0 Å². The fourth-order valence-electron chi connectivity index (χ4n) is 1.85. The molecule has 1 aliphatic rings. The van der Waals surface area contributed by atoms with Gasteiger partial charge in [0.25, 0.3) is 5.56 Å². The quantitative estimate of drug-likeness (QED) is 0.453. The molecule has 0 saturated heterocycles. The molecule has 0 spiro atoms. The number of aromatic nitrogens is 1. The van der Waals surface area contributed by atoms with E-state index >= 15 is 0 Å². The van der Waals surface area contributed by atoms with Crippen molar-refractivity contribution in [1.82, 2.24) is 4.57 Å². The van der Waals surface area contributed by atoms with E-state index in [0.717, 1.165) is 18.9 Å². The zero-order chi connectivity index (χ0) is 15.1. The number of carboxylic acid groups (broad SMARTS) is 1. The van der Waals surface area contributed by atoms with Crippen LogP contribution in [0.1, 0.15) is 60.4 Å². The first kappa shape index (κ1) is 17.5. The first-order chi connectivity index (χ1) is 9.19. The van der Waals surface area contributed by atoms with E-state index in [9.17, 15) is 19.5 Å². The van der Waals surface area contributed by atoms with Gasteiger partial charge >= 0.3 is 24.8 Å². The molecule has 1 aromatic rings. The molecule has 0 bridgehead atoms. The molecule has 1 aromatic heterocycles. The maximum absolute atomic E-state index is 12.1. The first-order valence-corrected chi connectivity index (χ1v) is 6.40. The third-order valence-corrected chi connectivity index (χ3v) is 2.86. The Morgan fingerprint density at radius 3 is 2.29 bits per heavy atom. The van der Waals surface area contributed by atoms with Gasteiger partial charge in [-0.3, -0.25) is 4.79 Å².